The molecule has 42 valence electrons. The lowest BCUT2D eigenvalue weighted by Gasteiger charge is -2.11. The molecule has 0 aromatic heterocycles. The third-order valence-electron chi connectivity index (χ3n) is 0.516. The van der Waals surface area contributed by atoms with E-state index in [1.165, 1.54) is 6.08 Å². The first-order valence-electron chi connectivity index (χ1n) is 1.77. The zero-order valence-corrected chi connectivity index (χ0v) is 3.91. The van der Waals surface area contributed by atoms with Crippen LogP contribution in [0, 0.1) is 0 Å². The van der Waals surface area contributed by atoms with E-state index in [1.54, 1.807) is 0 Å². The third-order valence-corrected chi connectivity index (χ3v) is 0.516. The van der Waals surface area contributed by atoms with Gasteiger partial charge in [0.25, 0.3) is 0 Å². The summed E-state index contributed by atoms with van der Waals surface area (Å²) in [6, 6.07) is 0. The first-order valence-corrected chi connectivity index (χ1v) is 1.77. The van der Waals surface area contributed by atoms with E-state index in [9.17, 15) is 0 Å². The van der Waals surface area contributed by atoms with Gasteiger partial charge in [-0.3, -0.25) is 11.7 Å². The van der Waals surface area contributed by atoms with Crippen LogP contribution >= 0.6 is 0 Å². The summed E-state index contributed by atoms with van der Waals surface area (Å²) in [6.07, 6.45) is 0.278. The SMILES string of the molecule is C=CC(O)N(N)N. The minimum Gasteiger partial charge on any atom is -0.372 e. The molecule has 4 heteroatoms. The Morgan fingerprint density at radius 2 is 2.14 bits per heavy atom. The van der Waals surface area contributed by atoms with Crippen molar-refractivity contribution in [3.63, 3.8) is 0 Å². The Morgan fingerprint density at radius 3 is 2.14 bits per heavy atom. The van der Waals surface area contributed by atoms with Gasteiger partial charge in [-0.05, 0) is 6.08 Å². The van der Waals surface area contributed by atoms with E-state index in [-0.39, 0.29) is 0 Å². The largest absolute Gasteiger partial charge is 0.372 e. The molecule has 0 aliphatic rings. The van der Waals surface area contributed by atoms with Crippen LogP contribution in [0.15, 0.2) is 12.7 Å². The topological polar surface area (TPSA) is 75.5 Å². The fraction of sp³-hybridized carbons (Fsp3) is 0.333. The predicted molar refractivity (Wildman–Crippen MR) is 26.4 cm³/mol. The monoisotopic (exact) mass is 103 g/mol. The van der Waals surface area contributed by atoms with E-state index in [1.807, 2.05) is 0 Å². The highest BCUT2D eigenvalue weighted by molar-refractivity contribution is 4.73. The molecular weight excluding hydrogens is 94.1 g/mol. The Bertz CT molecular complexity index is 63.2. The number of nitrogens with two attached hydrogens (primary N) is 2. The fourth-order valence-corrected chi connectivity index (χ4v) is 0.122. The van der Waals surface area contributed by atoms with Crippen molar-refractivity contribution in [2.45, 2.75) is 6.23 Å². The number of nitrogens with zero attached hydrogens (tertiary/aromatic N) is 1. The van der Waals surface area contributed by atoms with Gasteiger partial charge in [-0.2, -0.15) is 5.12 Å². The van der Waals surface area contributed by atoms with Crippen LogP contribution in [0.3, 0.4) is 0 Å². The Balaban J connectivity index is 3.33. The quantitative estimate of drug-likeness (QED) is 0.173. The van der Waals surface area contributed by atoms with E-state index in [2.05, 4.69) is 6.58 Å². The molecule has 0 aliphatic carbocycles. The second kappa shape index (κ2) is 2.70. The summed E-state index contributed by atoms with van der Waals surface area (Å²) in [5.74, 6) is 9.67. The zero-order valence-electron chi connectivity index (χ0n) is 3.91. The molecule has 0 saturated heterocycles. The minimum atomic E-state index is -0.944. The Morgan fingerprint density at radius 1 is 1.71 bits per heavy atom. The van der Waals surface area contributed by atoms with E-state index in [0.29, 0.717) is 5.12 Å². The van der Waals surface area contributed by atoms with Crippen LogP contribution in [0.25, 0.3) is 0 Å². The summed E-state index contributed by atoms with van der Waals surface area (Å²) in [4.78, 5) is 0. The van der Waals surface area contributed by atoms with Crippen LogP contribution in [-0.4, -0.2) is 16.5 Å². The normalized spacial score (nSPS) is 14.3. The van der Waals surface area contributed by atoms with Gasteiger partial charge in [0.05, 0.1) is 0 Å². The molecule has 4 nitrogen and oxygen atoms in total. The zero-order chi connectivity index (χ0) is 5.86. The lowest BCUT2D eigenvalue weighted by Crippen LogP contribution is -2.45. The van der Waals surface area contributed by atoms with Crippen LogP contribution < -0.4 is 11.7 Å². The van der Waals surface area contributed by atoms with Gasteiger partial charge in [-0.1, -0.05) is 6.58 Å². The molecule has 0 spiro atoms. The van der Waals surface area contributed by atoms with Gasteiger partial charge >= 0.3 is 0 Å². The minimum absolute atomic E-state index is 0.660. The van der Waals surface area contributed by atoms with Gasteiger partial charge in [0, 0.05) is 0 Å². The molecule has 0 aromatic carbocycles. The van der Waals surface area contributed by atoms with Crippen molar-refractivity contribution in [1.29, 1.82) is 0 Å². The van der Waals surface area contributed by atoms with Gasteiger partial charge in [0.15, 0.2) is 6.23 Å². The van der Waals surface area contributed by atoms with Gasteiger partial charge in [0.2, 0.25) is 0 Å². The van der Waals surface area contributed by atoms with Crippen molar-refractivity contribution in [2.75, 3.05) is 0 Å². The summed E-state index contributed by atoms with van der Waals surface area (Å²) in [7, 11) is 0. The number of hydrogen-bond acceptors (Lipinski definition) is 4. The molecule has 0 saturated carbocycles. The van der Waals surface area contributed by atoms with Crippen molar-refractivity contribution in [3.05, 3.63) is 12.7 Å². The molecule has 0 amide bonds. The summed E-state index contributed by atoms with van der Waals surface area (Å²) < 4.78 is 0. The summed E-state index contributed by atoms with van der Waals surface area (Å²) in [6.45, 7) is 3.23. The van der Waals surface area contributed by atoms with E-state index in [0.717, 1.165) is 0 Å². The van der Waals surface area contributed by atoms with E-state index in [4.69, 9.17) is 16.8 Å². The van der Waals surface area contributed by atoms with Crippen LogP contribution in [0.5, 0.6) is 0 Å². The highest BCUT2D eigenvalue weighted by atomic mass is 16.3. The maximum atomic E-state index is 8.49. The molecule has 5 N–H and O–H groups in total. The maximum Gasteiger partial charge on any atom is 0.152 e. The molecule has 0 aromatic rings. The van der Waals surface area contributed by atoms with Gasteiger partial charge in [-0.15, -0.1) is 0 Å². The molecule has 0 aliphatic heterocycles. The van der Waals surface area contributed by atoms with Crippen LogP contribution in [0.4, 0.5) is 0 Å². The van der Waals surface area contributed by atoms with E-state index < -0.39 is 6.23 Å². The number of aliphatic hydroxyl groups excluding tert-OH is 1. The molecule has 0 heterocycles. The van der Waals surface area contributed by atoms with E-state index >= 15 is 0 Å². The molecule has 7 heavy (non-hydrogen) atoms. The predicted octanol–water partition coefficient (Wildman–Crippen LogP) is -1.46. The fourth-order valence-electron chi connectivity index (χ4n) is 0.122. The first-order chi connectivity index (χ1) is 3.18. The lowest BCUT2D eigenvalue weighted by molar-refractivity contribution is 0.0413. The molecule has 1 atom stereocenters. The van der Waals surface area contributed by atoms with Gasteiger partial charge in [-0.25, -0.2) is 0 Å². The second-order valence-electron chi connectivity index (χ2n) is 1.10. The molecule has 0 bridgehead atoms. The molecule has 0 rings (SSSR count). The summed E-state index contributed by atoms with van der Waals surface area (Å²) >= 11 is 0. The third kappa shape index (κ3) is 2.30. The summed E-state index contributed by atoms with van der Waals surface area (Å²) in [5.41, 5.74) is 0. The van der Waals surface area contributed by atoms with Crippen LogP contribution in [0.1, 0.15) is 0 Å². The number of hydrogen-bond donors (Lipinski definition) is 3. The van der Waals surface area contributed by atoms with Crippen molar-refractivity contribution >= 4 is 0 Å². The number of aliphatic hydroxyl groups is 1. The van der Waals surface area contributed by atoms with Crippen LogP contribution in [0.2, 0.25) is 0 Å². The molecule has 1 unspecified atom stereocenters. The number of rotatable bonds is 2. The van der Waals surface area contributed by atoms with Gasteiger partial charge in [0.1, 0.15) is 0 Å². The highest BCUT2D eigenvalue weighted by Crippen LogP contribution is 1.77. The smallest absolute Gasteiger partial charge is 0.152 e. The second-order valence-corrected chi connectivity index (χ2v) is 1.10. The number of hydrazine groups is 2. The Kier molecular flexibility index (Phi) is 2.54. The highest BCUT2D eigenvalue weighted by Gasteiger charge is 1.97. The van der Waals surface area contributed by atoms with Crippen molar-refractivity contribution in [2.24, 2.45) is 11.7 Å². The van der Waals surface area contributed by atoms with Crippen LogP contribution in [-0.2, 0) is 0 Å². The van der Waals surface area contributed by atoms with Crippen molar-refractivity contribution in [3.8, 4) is 0 Å². The van der Waals surface area contributed by atoms with Gasteiger partial charge < -0.3 is 5.11 Å². The molecule has 0 radical (unpaired) electrons. The Labute approximate surface area is 42.0 Å². The Hall–Kier alpha value is -0.420. The molecule has 0 fully saturated rings. The average molecular weight is 103 g/mol. The maximum absolute atomic E-state index is 8.49. The van der Waals surface area contributed by atoms with Crippen molar-refractivity contribution in [1.82, 2.24) is 5.12 Å². The average Bonchev–Trinajstić information content (AvgIpc) is 1.65. The summed E-state index contributed by atoms with van der Waals surface area (Å²) in [5, 5.41) is 9.15. The lowest BCUT2D eigenvalue weighted by atomic mass is 10.6. The standard InChI is InChI=1S/C3H9N3O/c1-2-3(7)6(4)5/h2-3,7H,1,4-5H2. The molecular formula is C3H9N3O. The first kappa shape index (κ1) is 6.58. The van der Waals surface area contributed by atoms with Crippen molar-refractivity contribution < 1.29 is 5.11 Å².